The van der Waals surface area contributed by atoms with Crippen LogP contribution in [-0.4, -0.2) is 40.2 Å². The highest BCUT2D eigenvalue weighted by atomic mass is 16.6. The van der Waals surface area contributed by atoms with E-state index in [1.54, 1.807) is 20.8 Å². The third kappa shape index (κ3) is 8.74. The molecule has 2 N–H and O–H groups in total. The van der Waals surface area contributed by atoms with Crippen molar-refractivity contribution in [3.8, 4) is 28.7 Å². The number of hydrogen-bond acceptors (Lipinski definition) is 10. The van der Waals surface area contributed by atoms with Gasteiger partial charge >= 0.3 is 23.9 Å². The summed E-state index contributed by atoms with van der Waals surface area (Å²) in [7, 11) is 0. The van der Waals surface area contributed by atoms with E-state index in [4.69, 9.17) is 18.9 Å². The Morgan fingerprint density at radius 2 is 1.49 bits per heavy atom. The molecule has 0 aromatic heterocycles. The first-order valence-corrected chi connectivity index (χ1v) is 12.1. The molecule has 39 heavy (non-hydrogen) atoms. The Hall–Kier alpha value is -4.60. The van der Waals surface area contributed by atoms with Gasteiger partial charge in [0.1, 0.15) is 22.8 Å². The number of ether oxygens (including phenoxy) is 4. The van der Waals surface area contributed by atoms with Gasteiger partial charge in [-0.1, -0.05) is 27.0 Å². The largest absolute Gasteiger partial charge is 0.508 e. The SMILES string of the molecule is C=C(C)C(=O)Oc1ccc(O)c(C(=O)OC(C)CCc2cc(O)cc(OC(=O)C(C)C)c2OC(=O)C(=C)C)c1. The first-order chi connectivity index (χ1) is 18.2. The normalized spacial score (nSPS) is 11.3. The summed E-state index contributed by atoms with van der Waals surface area (Å²) >= 11 is 0. The van der Waals surface area contributed by atoms with Gasteiger partial charge in [-0.2, -0.15) is 0 Å². The molecule has 2 aromatic rings. The molecule has 0 saturated heterocycles. The summed E-state index contributed by atoms with van der Waals surface area (Å²) in [6, 6.07) is 6.18. The maximum atomic E-state index is 12.7. The van der Waals surface area contributed by atoms with E-state index in [1.807, 2.05) is 0 Å². The van der Waals surface area contributed by atoms with Gasteiger partial charge in [0.15, 0.2) is 11.5 Å². The van der Waals surface area contributed by atoms with Crippen LogP contribution in [0.3, 0.4) is 0 Å². The number of carbonyl (C=O) groups is 4. The molecule has 0 aliphatic carbocycles. The predicted molar refractivity (Wildman–Crippen MR) is 141 cm³/mol. The Kier molecular flexibility index (Phi) is 10.4. The van der Waals surface area contributed by atoms with E-state index >= 15 is 0 Å². The van der Waals surface area contributed by atoms with Crippen LogP contribution in [0.25, 0.3) is 0 Å². The Bertz CT molecular complexity index is 1310. The monoisotopic (exact) mass is 540 g/mol. The fourth-order valence-electron chi connectivity index (χ4n) is 3.03. The molecule has 0 spiro atoms. The summed E-state index contributed by atoms with van der Waals surface area (Å²) in [5.41, 5.74) is 0.359. The maximum absolute atomic E-state index is 12.7. The third-order valence-electron chi connectivity index (χ3n) is 5.22. The van der Waals surface area contributed by atoms with Crippen LogP contribution in [0.15, 0.2) is 54.6 Å². The van der Waals surface area contributed by atoms with Gasteiger partial charge in [-0.3, -0.25) is 4.79 Å². The molecule has 0 fully saturated rings. The average molecular weight is 541 g/mol. The Balaban J connectivity index is 2.23. The van der Waals surface area contributed by atoms with Crippen molar-refractivity contribution in [1.82, 2.24) is 0 Å². The van der Waals surface area contributed by atoms with E-state index in [1.165, 1.54) is 38.1 Å². The Morgan fingerprint density at radius 1 is 0.872 bits per heavy atom. The lowest BCUT2D eigenvalue weighted by molar-refractivity contribution is -0.138. The molecule has 1 atom stereocenters. The first kappa shape index (κ1) is 30.6. The van der Waals surface area contributed by atoms with E-state index in [0.29, 0.717) is 5.56 Å². The lowest BCUT2D eigenvalue weighted by atomic mass is 10.0. The highest BCUT2D eigenvalue weighted by molar-refractivity contribution is 5.94. The zero-order valence-electron chi connectivity index (χ0n) is 22.5. The van der Waals surface area contributed by atoms with Crippen LogP contribution >= 0.6 is 0 Å². The molecule has 10 nitrogen and oxygen atoms in total. The number of phenols is 2. The smallest absolute Gasteiger partial charge is 0.342 e. The summed E-state index contributed by atoms with van der Waals surface area (Å²) in [4.78, 5) is 49.0. The Labute approximate surface area is 226 Å². The van der Waals surface area contributed by atoms with Crippen LogP contribution < -0.4 is 14.2 Å². The molecule has 0 aliphatic heterocycles. The first-order valence-electron chi connectivity index (χ1n) is 12.1. The van der Waals surface area contributed by atoms with Crippen LogP contribution in [0.1, 0.15) is 57.0 Å². The molecule has 208 valence electrons. The molecule has 0 bridgehead atoms. The van der Waals surface area contributed by atoms with Crippen LogP contribution in [0.5, 0.6) is 28.7 Å². The van der Waals surface area contributed by atoms with Gasteiger partial charge in [-0.25, -0.2) is 14.4 Å². The van der Waals surface area contributed by atoms with Crippen molar-refractivity contribution < 1.29 is 48.3 Å². The molecule has 0 amide bonds. The summed E-state index contributed by atoms with van der Waals surface area (Å²) in [5.74, 6) is -4.21. The zero-order valence-corrected chi connectivity index (χ0v) is 22.5. The van der Waals surface area contributed by atoms with Crippen molar-refractivity contribution in [2.45, 2.75) is 53.6 Å². The van der Waals surface area contributed by atoms with E-state index in [0.717, 1.165) is 6.07 Å². The average Bonchev–Trinajstić information content (AvgIpc) is 2.84. The van der Waals surface area contributed by atoms with Crippen molar-refractivity contribution in [1.29, 1.82) is 0 Å². The second kappa shape index (κ2) is 13.3. The van der Waals surface area contributed by atoms with Crippen molar-refractivity contribution >= 4 is 23.9 Å². The highest BCUT2D eigenvalue weighted by Crippen LogP contribution is 2.38. The minimum atomic E-state index is -0.871. The molecular weight excluding hydrogens is 508 g/mol. The summed E-state index contributed by atoms with van der Waals surface area (Å²) in [5, 5.41) is 20.3. The number of hydrogen-bond donors (Lipinski definition) is 2. The van der Waals surface area contributed by atoms with Gasteiger partial charge in [-0.15, -0.1) is 0 Å². The minimum Gasteiger partial charge on any atom is -0.508 e. The van der Waals surface area contributed by atoms with Gasteiger partial charge in [0.25, 0.3) is 0 Å². The molecule has 0 heterocycles. The lowest BCUT2D eigenvalue weighted by Crippen LogP contribution is -2.18. The van der Waals surface area contributed by atoms with Crippen molar-refractivity contribution in [2.75, 3.05) is 0 Å². The summed E-state index contributed by atoms with van der Waals surface area (Å²) in [6.07, 6.45) is -0.391. The predicted octanol–water partition coefficient (Wildman–Crippen LogP) is 4.80. The zero-order chi connectivity index (χ0) is 29.4. The number of esters is 4. The fourth-order valence-corrected chi connectivity index (χ4v) is 3.03. The molecular formula is C29H32O10. The fraction of sp³-hybridized carbons (Fsp3) is 0.310. The van der Waals surface area contributed by atoms with Crippen molar-refractivity contribution in [2.24, 2.45) is 5.92 Å². The molecule has 0 saturated carbocycles. The third-order valence-corrected chi connectivity index (χ3v) is 5.22. The van der Waals surface area contributed by atoms with Gasteiger partial charge in [-0.05, 0) is 57.9 Å². The number of carbonyl (C=O) groups excluding carboxylic acids is 4. The number of rotatable bonds is 11. The van der Waals surface area contributed by atoms with E-state index in [9.17, 15) is 29.4 Å². The number of benzene rings is 2. The highest BCUT2D eigenvalue weighted by Gasteiger charge is 2.23. The van der Waals surface area contributed by atoms with Crippen LogP contribution in [0, 0.1) is 5.92 Å². The minimum absolute atomic E-state index is 0.0209. The quantitative estimate of drug-likeness (QED) is 0.231. The number of phenolic OH excluding ortho intramolecular Hbond substituents is 2. The molecule has 0 aliphatic rings. The van der Waals surface area contributed by atoms with Gasteiger partial charge in [0.2, 0.25) is 0 Å². The Morgan fingerprint density at radius 3 is 2.08 bits per heavy atom. The lowest BCUT2D eigenvalue weighted by Gasteiger charge is -2.18. The van der Waals surface area contributed by atoms with Crippen LogP contribution in [0.4, 0.5) is 0 Å². The van der Waals surface area contributed by atoms with Crippen LogP contribution in [-0.2, 0) is 25.5 Å². The second-order valence-electron chi connectivity index (χ2n) is 9.28. The maximum Gasteiger partial charge on any atom is 0.342 e. The van der Waals surface area contributed by atoms with Gasteiger partial charge in [0, 0.05) is 22.8 Å². The molecule has 1 unspecified atom stereocenters. The van der Waals surface area contributed by atoms with Crippen molar-refractivity contribution in [3.63, 3.8) is 0 Å². The number of aryl methyl sites for hydroxylation is 1. The second-order valence-corrected chi connectivity index (χ2v) is 9.28. The molecule has 2 rings (SSSR count). The van der Waals surface area contributed by atoms with Gasteiger partial charge < -0.3 is 29.2 Å². The molecule has 0 radical (unpaired) electrons. The number of aromatic hydroxyl groups is 2. The summed E-state index contributed by atoms with van der Waals surface area (Å²) < 4.78 is 21.3. The molecule has 2 aromatic carbocycles. The summed E-state index contributed by atoms with van der Waals surface area (Å²) in [6.45, 7) is 14.8. The van der Waals surface area contributed by atoms with Gasteiger partial charge in [0.05, 0.1) is 12.0 Å². The van der Waals surface area contributed by atoms with Crippen molar-refractivity contribution in [3.05, 3.63) is 65.8 Å². The topological polar surface area (TPSA) is 146 Å². The van der Waals surface area contributed by atoms with Crippen LogP contribution in [0.2, 0.25) is 0 Å². The van der Waals surface area contributed by atoms with E-state index < -0.39 is 35.9 Å². The standard InChI is InChI=1S/C29H32O10/c1-15(2)26(32)37-21-10-11-23(31)22(14-21)29(35)36-18(7)8-9-19-12-20(30)13-24(38-27(33)16(3)4)25(19)39-28(34)17(5)6/h10-14,16,18,30-31H,1,5,8-9H2,2-4,6-7H3. The van der Waals surface area contributed by atoms with E-state index in [-0.39, 0.29) is 58.3 Å². The molecule has 10 heteroatoms. The van der Waals surface area contributed by atoms with E-state index in [2.05, 4.69) is 13.2 Å².